The zero-order valence-corrected chi connectivity index (χ0v) is 14.2. The summed E-state index contributed by atoms with van der Waals surface area (Å²) >= 11 is 0. The van der Waals surface area contributed by atoms with E-state index >= 15 is 0 Å². The molecule has 1 fully saturated rings. The Bertz CT molecular complexity index is 667. The largest absolute Gasteiger partial charge is 0.508 e. The molecule has 3 rings (SSSR count). The van der Waals surface area contributed by atoms with E-state index in [2.05, 4.69) is 47.5 Å². The van der Waals surface area contributed by atoms with Gasteiger partial charge in [-0.1, -0.05) is 42.5 Å². The van der Waals surface area contributed by atoms with Crippen LogP contribution in [-0.2, 0) is 6.54 Å². The smallest absolute Gasteiger partial charge is 0.194 e. The SMILES string of the molecule is CCNC(=NCc1ccc(O)cc1)N1CCC(c2ccccc2)C1. The molecule has 0 bridgehead atoms. The van der Waals surface area contributed by atoms with Gasteiger partial charge in [-0.15, -0.1) is 0 Å². The van der Waals surface area contributed by atoms with Gasteiger partial charge in [0.05, 0.1) is 6.54 Å². The van der Waals surface area contributed by atoms with Crippen LogP contribution in [0.2, 0.25) is 0 Å². The highest BCUT2D eigenvalue weighted by Gasteiger charge is 2.25. The molecule has 24 heavy (non-hydrogen) atoms. The first-order valence-electron chi connectivity index (χ1n) is 8.62. The Balaban J connectivity index is 1.67. The third-order valence-corrected chi connectivity index (χ3v) is 4.44. The number of aliphatic imine (C=N–C) groups is 1. The van der Waals surface area contributed by atoms with Crippen molar-refractivity contribution in [2.45, 2.75) is 25.8 Å². The molecule has 1 unspecified atom stereocenters. The van der Waals surface area contributed by atoms with Crippen molar-refractivity contribution in [3.63, 3.8) is 0 Å². The van der Waals surface area contributed by atoms with Crippen LogP contribution in [0.3, 0.4) is 0 Å². The fourth-order valence-electron chi connectivity index (χ4n) is 3.14. The van der Waals surface area contributed by atoms with E-state index in [1.807, 2.05) is 12.1 Å². The molecule has 4 heteroatoms. The summed E-state index contributed by atoms with van der Waals surface area (Å²) in [6.45, 7) is 5.61. The van der Waals surface area contributed by atoms with Crippen molar-refractivity contribution < 1.29 is 5.11 Å². The number of nitrogens with zero attached hydrogens (tertiary/aromatic N) is 2. The quantitative estimate of drug-likeness (QED) is 0.670. The molecule has 2 N–H and O–H groups in total. The molecule has 1 heterocycles. The van der Waals surface area contributed by atoms with Crippen LogP contribution >= 0.6 is 0 Å². The Morgan fingerprint density at radius 2 is 1.92 bits per heavy atom. The van der Waals surface area contributed by atoms with Crippen LogP contribution in [0, 0.1) is 0 Å². The standard InChI is InChI=1S/C20H25N3O/c1-2-21-20(22-14-16-8-10-19(24)11-9-16)23-13-12-18(15-23)17-6-4-3-5-7-17/h3-11,18,24H,2,12-15H2,1H3,(H,21,22). The minimum atomic E-state index is 0.292. The third kappa shape index (κ3) is 4.07. The molecule has 2 aromatic carbocycles. The molecule has 0 amide bonds. The molecular weight excluding hydrogens is 298 g/mol. The lowest BCUT2D eigenvalue weighted by molar-refractivity contribution is 0.475. The van der Waals surface area contributed by atoms with Gasteiger partial charge in [0.2, 0.25) is 0 Å². The van der Waals surface area contributed by atoms with E-state index in [9.17, 15) is 5.11 Å². The molecular formula is C20H25N3O. The second-order valence-electron chi connectivity index (χ2n) is 6.18. The Kier molecular flexibility index (Phi) is 5.36. The van der Waals surface area contributed by atoms with Crippen LogP contribution in [0.5, 0.6) is 5.75 Å². The summed E-state index contributed by atoms with van der Waals surface area (Å²) in [7, 11) is 0. The van der Waals surface area contributed by atoms with E-state index in [0.717, 1.165) is 37.6 Å². The number of hydrogen-bond donors (Lipinski definition) is 2. The fourth-order valence-corrected chi connectivity index (χ4v) is 3.14. The van der Waals surface area contributed by atoms with E-state index in [0.29, 0.717) is 18.2 Å². The number of phenols is 1. The molecule has 1 aliphatic heterocycles. The summed E-state index contributed by atoms with van der Waals surface area (Å²) in [5.41, 5.74) is 2.51. The lowest BCUT2D eigenvalue weighted by Crippen LogP contribution is -2.40. The first kappa shape index (κ1) is 16.4. The number of likely N-dealkylation sites (tertiary alicyclic amines) is 1. The van der Waals surface area contributed by atoms with E-state index in [1.54, 1.807) is 12.1 Å². The lowest BCUT2D eigenvalue weighted by Gasteiger charge is -2.21. The Labute approximate surface area is 143 Å². The van der Waals surface area contributed by atoms with Crippen LogP contribution < -0.4 is 5.32 Å². The second-order valence-corrected chi connectivity index (χ2v) is 6.18. The molecule has 0 radical (unpaired) electrons. The van der Waals surface area contributed by atoms with Crippen molar-refractivity contribution in [1.82, 2.24) is 10.2 Å². The monoisotopic (exact) mass is 323 g/mol. The average Bonchev–Trinajstić information content (AvgIpc) is 3.11. The summed E-state index contributed by atoms with van der Waals surface area (Å²) in [5, 5.41) is 12.8. The maximum atomic E-state index is 9.37. The van der Waals surface area contributed by atoms with Crippen LogP contribution in [0.4, 0.5) is 0 Å². The van der Waals surface area contributed by atoms with Gasteiger partial charge in [0, 0.05) is 25.6 Å². The van der Waals surface area contributed by atoms with Crippen molar-refractivity contribution in [3.05, 3.63) is 65.7 Å². The minimum Gasteiger partial charge on any atom is -0.508 e. The van der Waals surface area contributed by atoms with Gasteiger partial charge in [0.25, 0.3) is 0 Å². The molecule has 126 valence electrons. The highest BCUT2D eigenvalue weighted by Crippen LogP contribution is 2.27. The van der Waals surface area contributed by atoms with Crippen LogP contribution in [0.25, 0.3) is 0 Å². The van der Waals surface area contributed by atoms with Crippen LogP contribution in [0.1, 0.15) is 30.4 Å². The van der Waals surface area contributed by atoms with Crippen molar-refractivity contribution in [2.75, 3.05) is 19.6 Å². The number of hydrogen-bond acceptors (Lipinski definition) is 2. The predicted octanol–water partition coefficient (Wildman–Crippen LogP) is 3.35. The molecule has 0 aromatic heterocycles. The van der Waals surface area contributed by atoms with E-state index in [1.165, 1.54) is 5.56 Å². The summed E-state index contributed by atoms with van der Waals surface area (Å²) < 4.78 is 0. The Morgan fingerprint density at radius 1 is 1.17 bits per heavy atom. The van der Waals surface area contributed by atoms with Gasteiger partial charge < -0.3 is 15.3 Å². The molecule has 2 aromatic rings. The highest BCUT2D eigenvalue weighted by atomic mass is 16.3. The Morgan fingerprint density at radius 3 is 2.62 bits per heavy atom. The number of phenolic OH excluding ortho intramolecular Hbond substituents is 1. The first-order chi connectivity index (χ1) is 11.8. The van der Waals surface area contributed by atoms with Gasteiger partial charge >= 0.3 is 0 Å². The maximum Gasteiger partial charge on any atom is 0.194 e. The maximum absolute atomic E-state index is 9.37. The fraction of sp³-hybridized carbons (Fsp3) is 0.350. The van der Waals surface area contributed by atoms with Gasteiger partial charge in [0.15, 0.2) is 5.96 Å². The summed E-state index contributed by atoms with van der Waals surface area (Å²) in [6.07, 6.45) is 1.16. The number of guanidine groups is 1. The molecule has 4 nitrogen and oxygen atoms in total. The highest BCUT2D eigenvalue weighted by molar-refractivity contribution is 5.80. The first-order valence-corrected chi connectivity index (χ1v) is 8.62. The van der Waals surface area contributed by atoms with E-state index in [4.69, 9.17) is 4.99 Å². The predicted molar refractivity (Wildman–Crippen MR) is 98.3 cm³/mol. The topological polar surface area (TPSA) is 47.9 Å². The number of benzene rings is 2. The van der Waals surface area contributed by atoms with Gasteiger partial charge in [-0.2, -0.15) is 0 Å². The molecule has 1 saturated heterocycles. The van der Waals surface area contributed by atoms with Crippen molar-refractivity contribution in [3.8, 4) is 5.75 Å². The number of aromatic hydroxyl groups is 1. The second kappa shape index (κ2) is 7.86. The van der Waals surface area contributed by atoms with Crippen molar-refractivity contribution in [2.24, 2.45) is 4.99 Å². The summed E-state index contributed by atoms with van der Waals surface area (Å²) in [5.74, 6) is 1.84. The van der Waals surface area contributed by atoms with Crippen molar-refractivity contribution in [1.29, 1.82) is 0 Å². The molecule has 1 atom stereocenters. The summed E-state index contributed by atoms with van der Waals surface area (Å²) in [6, 6.07) is 18.0. The number of rotatable bonds is 4. The average molecular weight is 323 g/mol. The van der Waals surface area contributed by atoms with Crippen LogP contribution in [-0.4, -0.2) is 35.6 Å². The lowest BCUT2D eigenvalue weighted by atomic mass is 9.99. The van der Waals surface area contributed by atoms with Gasteiger partial charge in [-0.05, 0) is 36.6 Å². The minimum absolute atomic E-state index is 0.292. The normalized spacial score (nSPS) is 18.0. The van der Waals surface area contributed by atoms with Gasteiger partial charge in [0.1, 0.15) is 5.75 Å². The molecule has 1 aliphatic rings. The van der Waals surface area contributed by atoms with E-state index in [-0.39, 0.29) is 0 Å². The van der Waals surface area contributed by atoms with E-state index < -0.39 is 0 Å². The van der Waals surface area contributed by atoms with Gasteiger partial charge in [-0.25, -0.2) is 4.99 Å². The molecule has 0 spiro atoms. The molecule has 0 saturated carbocycles. The Hall–Kier alpha value is -2.49. The van der Waals surface area contributed by atoms with Crippen LogP contribution in [0.15, 0.2) is 59.6 Å². The molecule has 0 aliphatic carbocycles. The summed E-state index contributed by atoms with van der Waals surface area (Å²) in [4.78, 5) is 7.12. The van der Waals surface area contributed by atoms with Crippen molar-refractivity contribution >= 4 is 5.96 Å². The zero-order valence-electron chi connectivity index (χ0n) is 14.2. The number of nitrogens with one attached hydrogen (secondary N) is 1. The third-order valence-electron chi connectivity index (χ3n) is 4.44. The van der Waals surface area contributed by atoms with Gasteiger partial charge in [-0.3, -0.25) is 0 Å². The zero-order chi connectivity index (χ0) is 16.8.